The average Bonchev–Trinajstić information content (AvgIpc) is 2.89. The van der Waals surface area contributed by atoms with Crippen molar-refractivity contribution in [3.05, 3.63) is 49.1 Å². The zero-order chi connectivity index (χ0) is 11.9. The summed E-state index contributed by atoms with van der Waals surface area (Å²) in [4.78, 5) is 6.45. The molecular formula is C14H19N3. The van der Waals surface area contributed by atoms with Crippen LogP contribution in [0.5, 0.6) is 0 Å². The SMILES string of the molecule is CCN(CCCn1ccnc1)c1ccccc1. The number of nitrogens with zero attached hydrogens (tertiary/aromatic N) is 3. The van der Waals surface area contributed by atoms with Crippen molar-refractivity contribution in [1.82, 2.24) is 9.55 Å². The minimum absolute atomic E-state index is 1.03. The van der Waals surface area contributed by atoms with Crippen LogP contribution in [-0.4, -0.2) is 22.6 Å². The third-order valence-electron chi connectivity index (χ3n) is 2.91. The van der Waals surface area contributed by atoms with Crippen molar-refractivity contribution < 1.29 is 0 Å². The minimum atomic E-state index is 1.03. The number of aryl methyl sites for hydroxylation is 1. The van der Waals surface area contributed by atoms with Crippen LogP contribution in [0.1, 0.15) is 13.3 Å². The molecule has 90 valence electrons. The lowest BCUT2D eigenvalue weighted by Crippen LogP contribution is -2.24. The van der Waals surface area contributed by atoms with E-state index in [2.05, 4.69) is 51.7 Å². The van der Waals surface area contributed by atoms with E-state index in [1.165, 1.54) is 5.69 Å². The molecule has 0 bridgehead atoms. The van der Waals surface area contributed by atoms with Gasteiger partial charge in [0.15, 0.2) is 0 Å². The Balaban J connectivity index is 1.84. The van der Waals surface area contributed by atoms with Crippen molar-refractivity contribution in [3.63, 3.8) is 0 Å². The highest BCUT2D eigenvalue weighted by Crippen LogP contribution is 2.13. The molecule has 2 rings (SSSR count). The lowest BCUT2D eigenvalue weighted by Gasteiger charge is -2.23. The zero-order valence-electron chi connectivity index (χ0n) is 10.3. The van der Waals surface area contributed by atoms with E-state index in [1.807, 2.05) is 18.7 Å². The molecule has 3 nitrogen and oxygen atoms in total. The average molecular weight is 229 g/mol. The van der Waals surface area contributed by atoms with E-state index in [9.17, 15) is 0 Å². The van der Waals surface area contributed by atoms with E-state index in [0.717, 1.165) is 26.1 Å². The summed E-state index contributed by atoms with van der Waals surface area (Å²) >= 11 is 0. The molecule has 1 aromatic heterocycles. The topological polar surface area (TPSA) is 21.1 Å². The van der Waals surface area contributed by atoms with Gasteiger partial charge >= 0.3 is 0 Å². The fourth-order valence-corrected chi connectivity index (χ4v) is 1.97. The van der Waals surface area contributed by atoms with Gasteiger partial charge in [0.05, 0.1) is 6.33 Å². The molecule has 3 heteroatoms. The van der Waals surface area contributed by atoms with E-state index in [1.54, 1.807) is 0 Å². The van der Waals surface area contributed by atoms with Gasteiger partial charge in [0.25, 0.3) is 0 Å². The van der Waals surface area contributed by atoms with Gasteiger partial charge in [-0.05, 0) is 25.5 Å². The third kappa shape index (κ3) is 3.34. The van der Waals surface area contributed by atoms with Gasteiger partial charge < -0.3 is 9.47 Å². The molecular weight excluding hydrogens is 210 g/mol. The Morgan fingerprint density at radius 1 is 1.24 bits per heavy atom. The molecule has 0 aliphatic rings. The summed E-state index contributed by atoms with van der Waals surface area (Å²) in [7, 11) is 0. The summed E-state index contributed by atoms with van der Waals surface area (Å²) in [5.74, 6) is 0. The van der Waals surface area contributed by atoms with E-state index in [0.29, 0.717) is 0 Å². The standard InChI is InChI=1S/C14H19N3/c1-2-17(14-7-4-3-5-8-14)11-6-10-16-12-9-15-13-16/h3-5,7-9,12-13H,2,6,10-11H2,1H3. The van der Waals surface area contributed by atoms with Crippen LogP contribution >= 0.6 is 0 Å². The van der Waals surface area contributed by atoms with E-state index in [-0.39, 0.29) is 0 Å². The quantitative estimate of drug-likeness (QED) is 0.759. The maximum absolute atomic E-state index is 4.05. The summed E-state index contributed by atoms with van der Waals surface area (Å²) in [6.45, 7) is 5.36. The summed E-state index contributed by atoms with van der Waals surface area (Å²) < 4.78 is 2.12. The van der Waals surface area contributed by atoms with Gasteiger partial charge in [-0.1, -0.05) is 18.2 Å². The maximum atomic E-state index is 4.05. The molecule has 0 aliphatic heterocycles. The van der Waals surface area contributed by atoms with Crippen LogP contribution in [0.4, 0.5) is 5.69 Å². The molecule has 17 heavy (non-hydrogen) atoms. The highest BCUT2D eigenvalue weighted by Gasteiger charge is 2.02. The second kappa shape index (κ2) is 6.09. The maximum Gasteiger partial charge on any atom is 0.0945 e. The molecule has 0 saturated heterocycles. The second-order valence-corrected chi connectivity index (χ2v) is 4.07. The summed E-state index contributed by atoms with van der Waals surface area (Å²) in [5.41, 5.74) is 1.31. The molecule has 2 aromatic rings. The Morgan fingerprint density at radius 3 is 2.71 bits per heavy atom. The summed E-state index contributed by atoms with van der Waals surface area (Å²) in [5, 5.41) is 0. The molecule has 0 atom stereocenters. The van der Waals surface area contributed by atoms with Crippen molar-refractivity contribution in [1.29, 1.82) is 0 Å². The van der Waals surface area contributed by atoms with E-state index < -0.39 is 0 Å². The number of para-hydroxylation sites is 1. The molecule has 1 heterocycles. The Morgan fingerprint density at radius 2 is 2.06 bits per heavy atom. The van der Waals surface area contributed by atoms with Gasteiger partial charge in [-0.3, -0.25) is 0 Å². The van der Waals surface area contributed by atoms with Gasteiger partial charge in [-0.2, -0.15) is 0 Å². The summed E-state index contributed by atoms with van der Waals surface area (Å²) in [6.07, 6.45) is 6.85. The van der Waals surface area contributed by atoms with Crippen LogP contribution in [0.3, 0.4) is 0 Å². The second-order valence-electron chi connectivity index (χ2n) is 4.07. The first-order valence-corrected chi connectivity index (χ1v) is 6.16. The molecule has 0 fully saturated rings. The van der Waals surface area contributed by atoms with E-state index in [4.69, 9.17) is 0 Å². The molecule has 0 radical (unpaired) electrons. The Bertz CT molecular complexity index is 408. The largest absolute Gasteiger partial charge is 0.372 e. The van der Waals surface area contributed by atoms with Gasteiger partial charge in [0.2, 0.25) is 0 Å². The van der Waals surface area contributed by atoms with Gasteiger partial charge in [0, 0.05) is 37.7 Å². The summed E-state index contributed by atoms with van der Waals surface area (Å²) in [6, 6.07) is 10.6. The fraction of sp³-hybridized carbons (Fsp3) is 0.357. The molecule has 0 amide bonds. The molecule has 0 saturated carbocycles. The van der Waals surface area contributed by atoms with Crippen LogP contribution in [0.25, 0.3) is 0 Å². The molecule has 0 spiro atoms. The normalized spacial score (nSPS) is 10.4. The number of anilines is 1. The van der Waals surface area contributed by atoms with Crippen molar-refractivity contribution in [2.45, 2.75) is 19.9 Å². The first kappa shape index (κ1) is 11.7. The van der Waals surface area contributed by atoms with Gasteiger partial charge in [-0.15, -0.1) is 0 Å². The number of hydrogen-bond acceptors (Lipinski definition) is 2. The first-order valence-electron chi connectivity index (χ1n) is 6.16. The van der Waals surface area contributed by atoms with Crippen LogP contribution in [0.15, 0.2) is 49.1 Å². The van der Waals surface area contributed by atoms with Crippen molar-refractivity contribution in [2.75, 3.05) is 18.0 Å². The number of rotatable bonds is 6. The highest BCUT2D eigenvalue weighted by molar-refractivity contribution is 5.45. The predicted molar refractivity (Wildman–Crippen MR) is 71.2 cm³/mol. The fourth-order valence-electron chi connectivity index (χ4n) is 1.97. The first-order chi connectivity index (χ1) is 8.40. The lowest BCUT2D eigenvalue weighted by atomic mass is 10.2. The minimum Gasteiger partial charge on any atom is -0.372 e. The molecule has 0 aliphatic carbocycles. The highest BCUT2D eigenvalue weighted by atomic mass is 15.1. The Kier molecular flexibility index (Phi) is 4.19. The molecule has 0 unspecified atom stereocenters. The smallest absolute Gasteiger partial charge is 0.0945 e. The third-order valence-corrected chi connectivity index (χ3v) is 2.91. The van der Waals surface area contributed by atoms with E-state index >= 15 is 0 Å². The van der Waals surface area contributed by atoms with Crippen molar-refractivity contribution >= 4 is 5.69 Å². The molecule has 0 N–H and O–H groups in total. The number of imidazole rings is 1. The van der Waals surface area contributed by atoms with Crippen LogP contribution < -0.4 is 4.90 Å². The Labute approximate surface area is 103 Å². The van der Waals surface area contributed by atoms with Crippen LogP contribution in [0, 0.1) is 0 Å². The predicted octanol–water partition coefficient (Wildman–Crippen LogP) is 2.80. The number of hydrogen-bond donors (Lipinski definition) is 0. The lowest BCUT2D eigenvalue weighted by molar-refractivity contribution is 0.627. The number of aromatic nitrogens is 2. The van der Waals surface area contributed by atoms with Gasteiger partial charge in [-0.25, -0.2) is 4.98 Å². The molecule has 1 aromatic carbocycles. The van der Waals surface area contributed by atoms with Crippen LogP contribution in [0.2, 0.25) is 0 Å². The van der Waals surface area contributed by atoms with Crippen molar-refractivity contribution in [3.8, 4) is 0 Å². The Hall–Kier alpha value is -1.77. The zero-order valence-corrected chi connectivity index (χ0v) is 10.3. The van der Waals surface area contributed by atoms with Crippen LogP contribution in [-0.2, 0) is 6.54 Å². The monoisotopic (exact) mass is 229 g/mol. The number of benzene rings is 1. The van der Waals surface area contributed by atoms with Gasteiger partial charge in [0.1, 0.15) is 0 Å². The van der Waals surface area contributed by atoms with Crippen molar-refractivity contribution in [2.24, 2.45) is 0 Å².